The van der Waals surface area contributed by atoms with Crippen LogP contribution < -0.4 is 11.1 Å². The fourth-order valence-electron chi connectivity index (χ4n) is 1.01. The summed E-state index contributed by atoms with van der Waals surface area (Å²) in [6.07, 6.45) is 1.62. The molecule has 3 N–H and O–H groups in total. The van der Waals surface area contributed by atoms with Crippen LogP contribution in [0.15, 0.2) is 12.3 Å². The number of carbonyl (C=O) groups excluding carboxylic acids is 1. The average molecular weight is 198 g/mol. The minimum absolute atomic E-state index is 0.0780. The number of hydrogen-bond acceptors (Lipinski definition) is 4. The average Bonchev–Trinajstić information content (AvgIpc) is 2.52. The van der Waals surface area contributed by atoms with E-state index in [-0.39, 0.29) is 12.5 Å². The lowest BCUT2D eigenvalue weighted by Gasteiger charge is -2.05. The first-order valence-corrected chi connectivity index (χ1v) is 4.27. The molecule has 1 aromatic heterocycles. The molecule has 6 nitrogen and oxygen atoms in total. The third kappa shape index (κ3) is 3.06. The third-order valence-electron chi connectivity index (χ3n) is 1.67. The van der Waals surface area contributed by atoms with Crippen LogP contribution in [0, 0.1) is 0 Å². The van der Waals surface area contributed by atoms with Gasteiger partial charge in [-0.05, 0) is 6.07 Å². The molecule has 0 spiro atoms. The molecule has 0 bridgehead atoms. The molecule has 1 amide bonds. The quantitative estimate of drug-likeness (QED) is 0.650. The summed E-state index contributed by atoms with van der Waals surface area (Å²) in [7, 11) is 1.48. The van der Waals surface area contributed by atoms with Crippen molar-refractivity contribution in [1.82, 2.24) is 15.1 Å². The number of aromatic nitrogens is 2. The summed E-state index contributed by atoms with van der Waals surface area (Å²) in [6, 6.07) is 1.71. The van der Waals surface area contributed by atoms with Gasteiger partial charge in [0.05, 0.1) is 12.7 Å². The Balaban J connectivity index is 2.22. The lowest BCUT2D eigenvalue weighted by molar-refractivity contribution is -0.124. The van der Waals surface area contributed by atoms with E-state index in [1.54, 1.807) is 16.9 Å². The fourth-order valence-corrected chi connectivity index (χ4v) is 1.01. The molecular formula is C8H14N4O2. The van der Waals surface area contributed by atoms with Crippen LogP contribution >= 0.6 is 0 Å². The van der Waals surface area contributed by atoms with Gasteiger partial charge >= 0.3 is 0 Å². The van der Waals surface area contributed by atoms with E-state index >= 15 is 0 Å². The second-order valence-corrected chi connectivity index (χ2v) is 2.76. The molecule has 14 heavy (non-hydrogen) atoms. The molecule has 0 aliphatic heterocycles. The van der Waals surface area contributed by atoms with Crippen LogP contribution in [-0.4, -0.2) is 35.9 Å². The lowest BCUT2D eigenvalue weighted by Crippen LogP contribution is -2.30. The molecule has 0 saturated carbocycles. The van der Waals surface area contributed by atoms with E-state index < -0.39 is 0 Å². The van der Waals surface area contributed by atoms with Gasteiger partial charge in [0, 0.05) is 13.7 Å². The molecule has 0 radical (unpaired) electrons. The number of rotatable bonds is 5. The Hall–Kier alpha value is -1.56. The minimum Gasteiger partial charge on any atom is -0.384 e. The number of ether oxygens (including phenoxy) is 1. The molecule has 1 rings (SSSR count). The number of nitrogens with two attached hydrogens (primary N) is 1. The first-order chi connectivity index (χ1) is 6.74. The van der Waals surface area contributed by atoms with Gasteiger partial charge in [-0.15, -0.1) is 0 Å². The summed E-state index contributed by atoms with van der Waals surface area (Å²) >= 11 is 0. The third-order valence-corrected chi connectivity index (χ3v) is 1.67. The van der Waals surface area contributed by atoms with Gasteiger partial charge in [-0.25, -0.2) is 4.68 Å². The SMILES string of the molecule is COCC(=O)NCCn1nccc1N. The Kier molecular flexibility index (Phi) is 3.93. The summed E-state index contributed by atoms with van der Waals surface area (Å²) in [4.78, 5) is 11.0. The molecule has 0 aromatic carbocycles. The van der Waals surface area contributed by atoms with Crippen LogP contribution in [0.25, 0.3) is 0 Å². The normalized spacial score (nSPS) is 10.1. The molecule has 0 aliphatic rings. The van der Waals surface area contributed by atoms with Crippen molar-refractivity contribution in [3.8, 4) is 0 Å². The van der Waals surface area contributed by atoms with Gasteiger partial charge in [0.15, 0.2) is 0 Å². The van der Waals surface area contributed by atoms with Crippen LogP contribution in [0.4, 0.5) is 5.82 Å². The highest BCUT2D eigenvalue weighted by Gasteiger charge is 2.00. The highest BCUT2D eigenvalue weighted by molar-refractivity contribution is 5.77. The molecule has 0 fully saturated rings. The predicted octanol–water partition coefficient (Wildman–Crippen LogP) is -0.772. The number of nitrogens with zero attached hydrogens (tertiary/aromatic N) is 2. The Labute approximate surface area is 82.0 Å². The molecule has 1 heterocycles. The van der Waals surface area contributed by atoms with Crippen molar-refractivity contribution in [2.24, 2.45) is 0 Å². The maximum absolute atomic E-state index is 11.0. The predicted molar refractivity (Wildman–Crippen MR) is 51.5 cm³/mol. The summed E-state index contributed by atoms with van der Waals surface area (Å²) in [5.41, 5.74) is 5.58. The summed E-state index contributed by atoms with van der Waals surface area (Å²) in [6.45, 7) is 1.14. The van der Waals surface area contributed by atoms with E-state index in [2.05, 4.69) is 15.2 Å². The number of hydrogen-bond donors (Lipinski definition) is 2. The first kappa shape index (κ1) is 10.5. The Morgan fingerprint density at radius 1 is 1.79 bits per heavy atom. The van der Waals surface area contributed by atoms with Crippen molar-refractivity contribution < 1.29 is 9.53 Å². The summed E-state index contributed by atoms with van der Waals surface area (Å²) in [5, 5.41) is 6.64. The molecule has 78 valence electrons. The van der Waals surface area contributed by atoms with Crippen LogP contribution in [0.2, 0.25) is 0 Å². The van der Waals surface area contributed by atoms with Gasteiger partial charge in [0.25, 0.3) is 0 Å². The maximum atomic E-state index is 11.0. The van der Waals surface area contributed by atoms with Gasteiger partial charge in [0.2, 0.25) is 5.91 Å². The second kappa shape index (κ2) is 5.23. The fraction of sp³-hybridized carbons (Fsp3) is 0.500. The Morgan fingerprint density at radius 3 is 3.14 bits per heavy atom. The van der Waals surface area contributed by atoms with Crippen molar-refractivity contribution in [2.75, 3.05) is 26.0 Å². The van der Waals surface area contributed by atoms with E-state index in [9.17, 15) is 4.79 Å². The van der Waals surface area contributed by atoms with Gasteiger partial charge < -0.3 is 15.8 Å². The highest BCUT2D eigenvalue weighted by Crippen LogP contribution is 1.97. The highest BCUT2D eigenvalue weighted by atomic mass is 16.5. The van der Waals surface area contributed by atoms with E-state index in [1.807, 2.05) is 0 Å². The summed E-state index contributed by atoms with van der Waals surface area (Å²) < 4.78 is 6.27. The van der Waals surface area contributed by atoms with Crippen LogP contribution in [0.1, 0.15) is 0 Å². The van der Waals surface area contributed by atoms with E-state index in [0.717, 1.165) is 0 Å². The monoisotopic (exact) mass is 198 g/mol. The topological polar surface area (TPSA) is 82.2 Å². The van der Waals surface area contributed by atoms with E-state index in [4.69, 9.17) is 5.73 Å². The number of anilines is 1. The lowest BCUT2D eigenvalue weighted by atomic mass is 10.5. The largest absolute Gasteiger partial charge is 0.384 e. The molecule has 1 aromatic rings. The van der Waals surface area contributed by atoms with Gasteiger partial charge in [0.1, 0.15) is 12.4 Å². The minimum atomic E-state index is -0.141. The molecule has 0 saturated heterocycles. The maximum Gasteiger partial charge on any atom is 0.246 e. The Bertz CT molecular complexity index is 297. The number of carbonyl (C=O) groups is 1. The van der Waals surface area contributed by atoms with Crippen LogP contribution in [-0.2, 0) is 16.1 Å². The zero-order chi connectivity index (χ0) is 10.4. The number of amides is 1. The standard InChI is InChI=1S/C8H14N4O2/c1-14-6-8(13)10-4-5-12-7(9)2-3-11-12/h2-3H,4-6,9H2,1H3,(H,10,13). The number of methoxy groups -OCH3 is 1. The zero-order valence-electron chi connectivity index (χ0n) is 8.06. The molecule has 0 aliphatic carbocycles. The smallest absolute Gasteiger partial charge is 0.246 e. The molecule has 0 atom stereocenters. The van der Waals surface area contributed by atoms with Crippen molar-refractivity contribution in [1.29, 1.82) is 0 Å². The van der Waals surface area contributed by atoms with Gasteiger partial charge in [-0.3, -0.25) is 4.79 Å². The van der Waals surface area contributed by atoms with Crippen molar-refractivity contribution in [3.05, 3.63) is 12.3 Å². The van der Waals surface area contributed by atoms with Crippen LogP contribution in [0.3, 0.4) is 0 Å². The number of nitrogen functional groups attached to an aromatic ring is 1. The van der Waals surface area contributed by atoms with Gasteiger partial charge in [-0.2, -0.15) is 5.10 Å². The summed E-state index contributed by atoms with van der Waals surface area (Å²) in [5.74, 6) is 0.448. The van der Waals surface area contributed by atoms with Crippen LogP contribution in [0.5, 0.6) is 0 Å². The van der Waals surface area contributed by atoms with E-state index in [0.29, 0.717) is 18.9 Å². The Morgan fingerprint density at radius 2 is 2.57 bits per heavy atom. The van der Waals surface area contributed by atoms with Crippen molar-refractivity contribution in [3.63, 3.8) is 0 Å². The molecule has 6 heteroatoms. The number of nitrogens with one attached hydrogen (secondary N) is 1. The second-order valence-electron chi connectivity index (χ2n) is 2.76. The molecular weight excluding hydrogens is 184 g/mol. The van der Waals surface area contributed by atoms with Crippen molar-refractivity contribution >= 4 is 11.7 Å². The first-order valence-electron chi connectivity index (χ1n) is 4.27. The zero-order valence-corrected chi connectivity index (χ0v) is 8.06. The van der Waals surface area contributed by atoms with E-state index in [1.165, 1.54) is 7.11 Å². The molecule has 0 unspecified atom stereocenters. The van der Waals surface area contributed by atoms with Gasteiger partial charge in [-0.1, -0.05) is 0 Å². The van der Waals surface area contributed by atoms with Crippen molar-refractivity contribution in [2.45, 2.75) is 6.54 Å².